The van der Waals surface area contributed by atoms with Crippen LogP contribution in [0.4, 0.5) is 5.69 Å². The van der Waals surface area contributed by atoms with Gasteiger partial charge in [0.1, 0.15) is 0 Å². The van der Waals surface area contributed by atoms with Gasteiger partial charge in [-0.3, -0.25) is 4.79 Å². The van der Waals surface area contributed by atoms with Gasteiger partial charge in [-0.1, -0.05) is 41.4 Å². The van der Waals surface area contributed by atoms with Gasteiger partial charge in [-0.2, -0.15) is 0 Å². The molecule has 1 aliphatic rings. The zero-order valence-electron chi connectivity index (χ0n) is 12.2. The molecule has 2 aromatic carbocycles. The summed E-state index contributed by atoms with van der Waals surface area (Å²) in [6, 6.07) is 11.9. The summed E-state index contributed by atoms with van der Waals surface area (Å²) in [6.45, 7) is 1.59. The molecule has 0 radical (unpaired) electrons. The lowest BCUT2D eigenvalue weighted by atomic mass is 9.89. The van der Waals surface area contributed by atoms with Crippen LogP contribution >= 0.6 is 23.2 Å². The van der Waals surface area contributed by atoms with E-state index in [-0.39, 0.29) is 0 Å². The predicted octanol–water partition coefficient (Wildman–Crippen LogP) is 4.10. The largest absolute Gasteiger partial charge is 0.445 e. The Morgan fingerprint density at radius 1 is 1.17 bits per heavy atom. The van der Waals surface area contributed by atoms with Crippen LogP contribution in [0.2, 0.25) is 10.0 Å². The number of hydrogen-bond donors (Lipinski definition) is 1. The van der Waals surface area contributed by atoms with E-state index in [0.717, 1.165) is 5.56 Å². The maximum atomic E-state index is 12.6. The van der Waals surface area contributed by atoms with Gasteiger partial charge < -0.3 is 10.1 Å². The number of amides is 1. The number of ether oxygens (including phenoxy) is 1. The lowest BCUT2D eigenvalue weighted by Gasteiger charge is -2.33. The average Bonchev–Trinajstić information content (AvgIpc) is 2.51. The van der Waals surface area contributed by atoms with Crippen LogP contribution in [0.15, 0.2) is 42.5 Å². The van der Waals surface area contributed by atoms with Crippen molar-refractivity contribution in [2.45, 2.75) is 18.9 Å². The molecule has 1 heterocycles. The standard InChI is InChI=1S/C17H13Cl2NO3/c1-17(9-10-4-2-3-5-12(10)15(21)23-17)16(22)20-11-6-7-13(18)14(19)8-11/h2-8H,9H2,1H3,(H,20,22)/t17-/m0/s1. The minimum Gasteiger partial charge on any atom is -0.445 e. The molecule has 1 atom stereocenters. The second-order valence-electron chi connectivity index (χ2n) is 5.54. The van der Waals surface area contributed by atoms with Crippen LogP contribution in [0.25, 0.3) is 0 Å². The highest BCUT2D eigenvalue weighted by Gasteiger charge is 2.42. The van der Waals surface area contributed by atoms with Crippen LogP contribution < -0.4 is 5.32 Å². The Balaban J connectivity index is 1.84. The molecule has 1 N–H and O–H groups in total. The highest BCUT2D eigenvalue weighted by molar-refractivity contribution is 6.42. The smallest absolute Gasteiger partial charge is 0.339 e. The first-order valence-corrected chi connectivity index (χ1v) is 7.72. The quantitative estimate of drug-likeness (QED) is 0.830. The second kappa shape index (κ2) is 5.87. The summed E-state index contributed by atoms with van der Waals surface area (Å²) in [4.78, 5) is 24.7. The molecule has 0 bridgehead atoms. The van der Waals surface area contributed by atoms with Gasteiger partial charge in [0.05, 0.1) is 15.6 Å². The predicted molar refractivity (Wildman–Crippen MR) is 89.1 cm³/mol. The monoisotopic (exact) mass is 349 g/mol. The van der Waals surface area contributed by atoms with Crippen LogP contribution in [0.3, 0.4) is 0 Å². The maximum Gasteiger partial charge on any atom is 0.339 e. The fourth-order valence-corrected chi connectivity index (χ4v) is 2.79. The molecule has 23 heavy (non-hydrogen) atoms. The van der Waals surface area contributed by atoms with Gasteiger partial charge in [0, 0.05) is 12.1 Å². The lowest BCUT2D eigenvalue weighted by molar-refractivity contribution is -0.134. The van der Waals surface area contributed by atoms with Crippen molar-refractivity contribution in [3.63, 3.8) is 0 Å². The molecule has 0 aliphatic carbocycles. The Bertz CT molecular complexity index is 806. The highest BCUT2D eigenvalue weighted by Crippen LogP contribution is 2.30. The van der Waals surface area contributed by atoms with Crippen LogP contribution in [0.5, 0.6) is 0 Å². The van der Waals surface area contributed by atoms with Crippen molar-refractivity contribution in [3.8, 4) is 0 Å². The summed E-state index contributed by atoms with van der Waals surface area (Å²) in [7, 11) is 0. The molecular formula is C17H13Cl2NO3. The van der Waals surface area contributed by atoms with Crippen molar-refractivity contribution < 1.29 is 14.3 Å². The molecule has 4 nitrogen and oxygen atoms in total. The van der Waals surface area contributed by atoms with Crippen LogP contribution in [-0.4, -0.2) is 17.5 Å². The molecule has 0 unspecified atom stereocenters. The fourth-order valence-electron chi connectivity index (χ4n) is 2.50. The van der Waals surface area contributed by atoms with E-state index in [4.69, 9.17) is 27.9 Å². The van der Waals surface area contributed by atoms with Gasteiger partial charge in [-0.15, -0.1) is 0 Å². The number of nitrogens with one attached hydrogen (secondary N) is 1. The summed E-state index contributed by atoms with van der Waals surface area (Å²) in [5.41, 5.74) is 0.487. The number of anilines is 1. The number of fused-ring (bicyclic) bond motifs is 1. The second-order valence-corrected chi connectivity index (χ2v) is 6.35. The summed E-state index contributed by atoms with van der Waals surface area (Å²) in [6.07, 6.45) is 0.308. The number of hydrogen-bond acceptors (Lipinski definition) is 3. The Hall–Kier alpha value is -2.04. The number of benzene rings is 2. The van der Waals surface area contributed by atoms with Crippen molar-refractivity contribution in [2.75, 3.05) is 5.32 Å². The first-order valence-electron chi connectivity index (χ1n) is 6.97. The van der Waals surface area contributed by atoms with E-state index in [9.17, 15) is 9.59 Å². The van der Waals surface area contributed by atoms with E-state index < -0.39 is 17.5 Å². The lowest BCUT2D eigenvalue weighted by Crippen LogP contribution is -2.48. The maximum absolute atomic E-state index is 12.6. The van der Waals surface area contributed by atoms with E-state index >= 15 is 0 Å². The molecule has 0 aromatic heterocycles. The van der Waals surface area contributed by atoms with E-state index in [1.54, 1.807) is 37.3 Å². The van der Waals surface area contributed by atoms with Crippen molar-refractivity contribution in [1.82, 2.24) is 0 Å². The summed E-state index contributed by atoms with van der Waals surface area (Å²) >= 11 is 11.8. The zero-order valence-corrected chi connectivity index (χ0v) is 13.7. The first-order chi connectivity index (χ1) is 10.9. The minimum absolute atomic E-state index is 0.308. The average molecular weight is 350 g/mol. The molecule has 0 saturated carbocycles. The highest BCUT2D eigenvalue weighted by atomic mass is 35.5. The van der Waals surface area contributed by atoms with E-state index in [1.807, 2.05) is 12.1 Å². The van der Waals surface area contributed by atoms with Gasteiger partial charge in [0.25, 0.3) is 5.91 Å². The topological polar surface area (TPSA) is 55.4 Å². The van der Waals surface area contributed by atoms with E-state index in [0.29, 0.717) is 27.7 Å². The number of esters is 1. The summed E-state index contributed by atoms with van der Waals surface area (Å²) in [5, 5.41) is 3.44. The van der Waals surface area contributed by atoms with Crippen LogP contribution in [0.1, 0.15) is 22.8 Å². The van der Waals surface area contributed by atoms with Crippen LogP contribution in [-0.2, 0) is 16.0 Å². The molecule has 3 rings (SSSR count). The van der Waals surface area contributed by atoms with Gasteiger partial charge in [0.15, 0.2) is 5.60 Å². The van der Waals surface area contributed by atoms with Gasteiger partial charge in [0.2, 0.25) is 0 Å². The van der Waals surface area contributed by atoms with Crippen molar-refractivity contribution in [2.24, 2.45) is 0 Å². The van der Waals surface area contributed by atoms with Gasteiger partial charge in [-0.25, -0.2) is 4.79 Å². The van der Waals surface area contributed by atoms with Gasteiger partial charge >= 0.3 is 5.97 Å². The third-order valence-corrected chi connectivity index (χ3v) is 4.48. The van der Waals surface area contributed by atoms with Crippen molar-refractivity contribution >= 4 is 40.8 Å². The number of cyclic esters (lactones) is 1. The number of halogens is 2. The SMILES string of the molecule is C[C@@]1(C(=O)Nc2ccc(Cl)c(Cl)c2)Cc2ccccc2C(=O)O1. The Labute approximate surface area is 143 Å². The zero-order chi connectivity index (χ0) is 16.6. The molecular weight excluding hydrogens is 337 g/mol. The molecule has 0 saturated heterocycles. The van der Waals surface area contributed by atoms with Crippen LogP contribution in [0, 0.1) is 0 Å². The Morgan fingerprint density at radius 3 is 2.65 bits per heavy atom. The third-order valence-electron chi connectivity index (χ3n) is 3.74. The third kappa shape index (κ3) is 3.05. The van der Waals surface area contributed by atoms with Crippen molar-refractivity contribution in [3.05, 3.63) is 63.6 Å². The normalized spacial score (nSPS) is 19.7. The van der Waals surface area contributed by atoms with Crippen molar-refractivity contribution in [1.29, 1.82) is 0 Å². The van der Waals surface area contributed by atoms with Gasteiger partial charge in [-0.05, 0) is 36.8 Å². The number of carbonyl (C=O) groups excluding carboxylic acids is 2. The first kappa shape index (κ1) is 15.8. The molecule has 6 heteroatoms. The molecule has 1 amide bonds. The Kier molecular flexibility index (Phi) is 4.04. The Morgan fingerprint density at radius 2 is 1.91 bits per heavy atom. The minimum atomic E-state index is -1.28. The van der Waals surface area contributed by atoms with E-state index in [2.05, 4.69) is 5.32 Å². The fraction of sp³-hybridized carbons (Fsp3) is 0.176. The summed E-state index contributed by atoms with van der Waals surface area (Å²) in [5.74, 6) is -0.919. The number of rotatable bonds is 2. The molecule has 2 aromatic rings. The molecule has 0 fully saturated rings. The molecule has 118 valence electrons. The van der Waals surface area contributed by atoms with E-state index in [1.165, 1.54) is 0 Å². The summed E-state index contributed by atoms with van der Waals surface area (Å²) < 4.78 is 5.38. The molecule has 0 spiro atoms. The molecule has 1 aliphatic heterocycles. The number of carbonyl (C=O) groups is 2.